The molecule has 1 aliphatic carbocycles. The second kappa shape index (κ2) is 11.1. The molecule has 2 unspecified atom stereocenters. The monoisotopic (exact) mass is 504 g/mol. The molecule has 1 N–H and O–H groups in total. The van der Waals surface area contributed by atoms with E-state index in [9.17, 15) is 4.79 Å². The Morgan fingerprint density at radius 2 is 1.62 bits per heavy atom. The van der Waals surface area contributed by atoms with E-state index in [0.717, 1.165) is 22.2 Å². The van der Waals surface area contributed by atoms with Gasteiger partial charge in [-0.15, -0.1) is 0 Å². The Kier molecular flexibility index (Phi) is 9.96. The van der Waals surface area contributed by atoms with E-state index in [-0.39, 0.29) is 28.1 Å². The first-order valence-electron chi connectivity index (χ1n) is 11.9. The van der Waals surface area contributed by atoms with E-state index in [1.807, 2.05) is 6.07 Å². The highest BCUT2D eigenvalue weighted by Gasteiger charge is 2.35. The van der Waals surface area contributed by atoms with Crippen molar-refractivity contribution >= 4 is 39.8 Å². The first-order valence-corrected chi connectivity index (χ1v) is 12.7. The molecule has 32 heavy (non-hydrogen) atoms. The minimum Gasteiger partial charge on any atom is -0.309 e. The number of rotatable bonds is 4. The molecule has 0 spiro atoms. The zero-order valence-electron chi connectivity index (χ0n) is 22.2. The quantitative estimate of drug-likeness (QED) is 0.444. The molecule has 1 amide bonds. The maximum atomic E-state index is 13.2. The molecule has 1 aliphatic rings. The third-order valence-electron chi connectivity index (χ3n) is 5.92. The van der Waals surface area contributed by atoms with E-state index in [4.69, 9.17) is 4.98 Å². The first-order chi connectivity index (χ1) is 14.5. The fourth-order valence-electron chi connectivity index (χ4n) is 3.45. The number of anilines is 1. The maximum absolute atomic E-state index is 13.2. The minimum absolute atomic E-state index is 0.0133. The van der Waals surface area contributed by atoms with Crippen LogP contribution < -0.4 is 5.32 Å². The summed E-state index contributed by atoms with van der Waals surface area (Å²) in [5.74, 6) is 0.996. The lowest BCUT2D eigenvalue weighted by Crippen LogP contribution is -2.36. The summed E-state index contributed by atoms with van der Waals surface area (Å²) < 4.78 is 0.805. The Morgan fingerprint density at radius 1 is 1.09 bits per heavy atom. The van der Waals surface area contributed by atoms with Gasteiger partial charge in [0.2, 0.25) is 5.91 Å². The van der Waals surface area contributed by atoms with Gasteiger partial charge in [0.05, 0.1) is 10.2 Å². The number of nitrogens with one attached hydrogen (secondary N) is 1. The molecular weight excluding hydrogens is 460 g/mol. The van der Waals surface area contributed by atoms with Crippen molar-refractivity contribution in [1.82, 2.24) is 4.98 Å². The van der Waals surface area contributed by atoms with Crippen molar-refractivity contribution in [2.45, 2.75) is 89.0 Å². The van der Waals surface area contributed by atoms with Gasteiger partial charge in [-0.25, -0.2) is 4.98 Å². The molecule has 0 aromatic carbocycles. The van der Waals surface area contributed by atoms with Crippen LogP contribution in [0.15, 0.2) is 22.7 Å². The summed E-state index contributed by atoms with van der Waals surface area (Å²) in [5, 5.41) is 3.10. The standard InChI is InChI=1S/C25H37BrN2O.C3H8/c1-16(2)25(9)12-10-17-14-19(26)21(27-20(17)11-13-25)28-22(29)18(24(6,7)8)15-23(3,4)5;1-3-2/h10-14,16,18H,15H2,1-9H3,(H,27,28,29);3H2,1-2H3. The number of nitrogens with zero attached hydrogens (tertiary/aromatic N) is 1. The van der Waals surface area contributed by atoms with Crippen LogP contribution in [0.2, 0.25) is 0 Å². The SMILES string of the molecule is CC(C)C1(C)C=Cc2cc(Br)c(NC(=O)C(CC(C)(C)C)C(C)(C)C)nc2C=C1.CCC. The molecule has 180 valence electrons. The van der Waals surface area contributed by atoms with Crippen LogP contribution in [0.4, 0.5) is 5.82 Å². The molecule has 0 bridgehead atoms. The molecule has 2 atom stereocenters. The average molecular weight is 506 g/mol. The molecule has 4 heteroatoms. The zero-order valence-corrected chi connectivity index (χ0v) is 23.8. The number of pyridine rings is 1. The number of amides is 1. The number of halogens is 1. The van der Waals surface area contributed by atoms with Crippen LogP contribution in [0.5, 0.6) is 0 Å². The van der Waals surface area contributed by atoms with Crippen molar-refractivity contribution in [2.24, 2.45) is 28.1 Å². The summed E-state index contributed by atoms with van der Waals surface area (Å²) in [6.07, 6.45) is 10.7. The van der Waals surface area contributed by atoms with Gasteiger partial charge in [0, 0.05) is 16.9 Å². The summed E-state index contributed by atoms with van der Waals surface area (Å²) in [5.41, 5.74) is 1.87. The summed E-state index contributed by atoms with van der Waals surface area (Å²) in [7, 11) is 0. The van der Waals surface area contributed by atoms with Gasteiger partial charge in [-0.3, -0.25) is 4.79 Å². The van der Waals surface area contributed by atoms with E-state index < -0.39 is 0 Å². The number of hydrogen-bond acceptors (Lipinski definition) is 2. The van der Waals surface area contributed by atoms with Gasteiger partial charge in [0.1, 0.15) is 5.82 Å². The van der Waals surface area contributed by atoms with Gasteiger partial charge >= 0.3 is 0 Å². The van der Waals surface area contributed by atoms with Crippen molar-refractivity contribution < 1.29 is 4.79 Å². The molecule has 0 aliphatic heterocycles. The molecule has 0 saturated heterocycles. The molecule has 1 aromatic rings. The van der Waals surface area contributed by atoms with Gasteiger partial charge in [0.15, 0.2) is 0 Å². The molecule has 1 heterocycles. The summed E-state index contributed by atoms with van der Waals surface area (Å²) >= 11 is 3.61. The zero-order chi connectivity index (χ0) is 24.9. The Morgan fingerprint density at radius 3 is 2.09 bits per heavy atom. The van der Waals surface area contributed by atoms with Crippen LogP contribution in [-0.4, -0.2) is 10.9 Å². The van der Waals surface area contributed by atoms with Gasteiger partial charge in [-0.2, -0.15) is 0 Å². The molecule has 0 radical (unpaired) electrons. The maximum Gasteiger partial charge on any atom is 0.229 e. The van der Waals surface area contributed by atoms with E-state index in [0.29, 0.717) is 11.7 Å². The van der Waals surface area contributed by atoms with Crippen molar-refractivity contribution in [1.29, 1.82) is 0 Å². The van der Waals surface area contributed by atoms with Crippen molar-refractivity contribution in [3.05, 3.63) is 33.9 Å². The second-order valence-electron chi connectivity index (χ2n) is 11.9. The highest BCUT2D eigenvalue weighted by molar-refractivity contribution is 9.10. The lowest BCUT2D eigenvalue weighted by Gasteiger charge is -2.34. The van der Waals surface area contributed by atoms with Crippen molar-refractivity contribution in [3.63, 3.8) is 0 Å². The lowest BCUT2D eigenvalue weighted by molar-refractivity contribution is -0.124. The minimum atomic E-state index is -0.128. The molecule has 0 saturated carbocycles. The van der Waals surface area contributed by atoms with Gasteiger partial charge in [-0.1, -0.05) is 101 Å². The molecular formula is C28H45BrN2O. The van der Waals surface area contributed by atoms with Crippen molar-refractivity contribution in [3.8, 4) is 0 Å². The fourth-order valence-corrected chi connectivity index (χ4v) is 3.88. The van der Waals surface area contributed by atoms with Crippen LogP contribution in [0, 0.1) is 28.1 Å². The third-order valence-corrected chi connectivity index (χ3v) is 6.53. The van der Waals surface area contributed by atoms with Crippen LogP contribution in [0.3, 0.4) is 0 Å². The van der Waals surface area contributed by atoms with E-state index in [1.165, 1.54) is 6.42 Å². The highest BCUT2D eigenvalue weighted by Crippen LogP contribution is 2.38. The number of hydrogen-bond donors (Lipinski definition) is 1. The Hall–Kier alpha value is -1.42. The molecule has 2 rings (SSSR count). The van der Waals surface area contributed by atoms with Crippen LogP contribution in [-0.2, 0) is 4.79 Å². The second-order valence-corrected chi connectivity index (χ2v) is 12.7. The Balaban J connectivity index is 0.00000161. The number of carbonyl (C=O) groups excluding carboxylic acids is 1. The Bertz CT molecular complexity index is 840. The number of fused-ring (bicyclic) bond motifs is 1. The first kappa shape index (κ1) is 28.6. The van der Waals surface area contributed by atoms with Crippen LogP contribution in [0.25, 0.3) is 12.2 Å². The van der Waals surface area contributed by atoms with Gasteiger partial charge in [-0.05, 0) is 51.2 Å². The smallest absolute Gasteiger partial charge is 0.229 e. The molecule has 1 aromatic heterocycles. The Labute approximate surface area is 205 Å². The fraction of sp³-hybridized carbons (Fsp3) is 0.643. The lowest BCUT2D eigenvalue weighted by atomic mass is 9.71. The predicted molar refractivity (Wildman–Crippen MR) is 145 cm³/mol. The van der Waals surface area contributed by atoms with Gasteiger partial charge < -0.3 is 5.32 Å². The topological polar surface area (TPSA) is 42.0 Å². The van der Waals surface area contributed by atoms with Crippen molar-refractivity contribution in [2.75, 3.05) is 5.32 Å². The summed E-state index contributed by atoms with van der Waals surface area (Å²) in [4.78, 5) is 18.0. The average Bonchev–Trinajstić information content (AvgIpc) is 2.79. The number of carbonyl (C=O) groups is 1. The van der Waals surface area contributed by atoms with E-state index in [2.05, 4.69) is 122 Å². The van der Waals surface area contributed by atoms with Crippen LogP contribution in [0.1, 0.15) is 100 Å². The largest absolute Gasteiger partial charge is 0.309 e. The molecule has 3 nitrogen and oxygen atoms in total. The predicted octanol–water partition coefficient (Wildman–Crippen LogP) is 9.00. The normalized spacial score (nSPS) is 19.0. The summed E-state index contributed by atoms with van der Waals surface area (Å²) in [6.45, 7) is 23.8. The number of aromatic nitrogens is 1. The highest BCUT2D eigenvalue weighted by atomic mass is 79.9. The number of allylic oxidation sites excluding steroid dienone is 2. The van der Waals surface area contributed by atoms with Crippen LogP contribution >= 0.6 is 15.9 Å². The van der Waals surface area contributed by atoms with E-state index in [1.54, 1.807) is 0 Å². The molecule has 0 fully saturated rings. The summed E-state index contributed by atoms with van der Waals surface area (Å²) in [6, 6.07) is 2.04. The van der Waals surface area contributed by atoms with Gasteiger partial charge in [0.25, 0.3) is 0 Å². The van der Waals surface area contributed by atoms with E-state index >= 15 is 0 Å². The third kappa shape index (κ3) is 8.17.